The number of carbonyl (C=O) groups is 1. The van der Waals surface area contributed by atoms with E-state index < -0.39 is 37.9 Å². The summed E-state index contributed by atoms with van der Waals surface area (Å²) in [5.74, 6) is -1.04. The Kier molecular flexibility index (Phi) is 7.26. The quantitative estimate of drug-likeness (QED) is 0.406. The molecule has 1 amide bonds. The number of nitrogens with zero attached hydrogens (tertiary/aromatic N) is 3. The van der Waals surface area contributed by atoms with Crippen molar-refractivity contribution in [1.82, 2.24) is 5.01 Å². The van der Waals surface area contributed by atoms with Crippen LogP contribution in [0.4, 0.5) is 11.4 Å². The van der Waals surface area contributed by atoms with Crippen LogP contribution in [-0.4, -0.2) is 45.6 Å². The predicted molar refractivity (Wildman–Crippen MR) is 81.4 cm³/mol. The van der Waals surface area contributed by atoms with Gasteiger partial charge in [0.1, 0.15) is 0 Å². The number of hydrogen-bond donors (Lipinski definition) is 1. The molecule has 1 aromatic rings. The number of quaternary nitrogens is 1. The molecule has 0 saturated carbocycles. The number of rotatable bonds is 8. The number of nitrogens with one attached hydrogen (secondary N) is 1. The summed E-state index contributed by atoms with van der Waals surface area (Å²) in [7, 11) is 0. The predicted octanol–water partition coefficient (Wildman–Crippen LogP) is 0.720. The van der Waals surface area contributed by atoms with Crippen LogP contribution < -0.4 is 5.17 Å². The van der Waals surface area contributed by atoms with Crippen LogP contribution in [0.1, 0.15) is 10.4 Å². The smallest absolute Gasteiger partial charge is 0.370 e. The SMILES string of the molecule is O=C(c1ccc([N+](=O)[O-])cc1[N+](=O)[O-])[NH+]([O-])N(CCCl)CCCl. The lowest BCUT2D eigenvalue weighted by molar-refractivity contribution is -0.894. The van der Waals surface area contributed by atoms with Gasteiger partial charge < -0.3 is 5.21 Å². The number of nitro benzene ring substituents is 2. The first kappa shape index (κ1) is 19.2. The largest absolute Gasteiger partial charge is 0.605 e. The van der Waals surface area contributed by atoms with Crippen LogP contribution in [-0.2, 0) is 0 Å². The zero-order valence-corrected chi connectivity index (χ0v) is 13.1. The van der Waals surface area contributed by atoms with Gasteiger partial charge in [-0.25, -0.2) is 9.97 Å². The van der Waals surface area contributed by atoms with Crippen LogP contribution in [0.15, 0.2) is 18.2 Å². The zero-order chi connectivity index (χ0) is 17.6. The van der Waals surface area contributed by atoms with E-state index in [2.05, 4.69) is 0 Å². The first-order valence-electron chi connectivity index (χ1n) is 6.21. The Balaban J connectivity index is 3.20. The highest BCUT2D eigenvalue weighted by atomic mass is 35.5. The van der Waals surface area contributed by atoms with E-state index >= 15 is 0 Å². The van der Waals surface area contributed by atoms with Gasteiger partial charge in [-0.05, 0) is 6.07 Å². The summed E-state index contributed by atoms with van der Waals surface area (Å²) in [6, 6.07) is 2.44. The zero-order valence-electron chi connectivity index (χ0n) is 11.6. The van der Waals surface area contributed by atoms with Crippen molar-refractivity contribution in [2.24, 2.45) is 0 Å². The molecule has 0 aromatic heterocycles. The van der Waals surface area contributed by atoms with Crippen molar-refractivity contribution in [1.29, 1.82) is 0 Å². The van der Waals surface area contributed by atoms with Gasteiger partial charge in [-0.15, -0.1) is 28.2 Å². The molecule has 126 valence electrons. The summed E-state index contributed by atoms with van der Waals surface area (Å²) in [4.78, 5) is 32.1. The highest BCUT2D eigenvalue weighted by molar-refractivity contribution is 6.18. The van der Waals surface area contributed by atoms with E-state index in [0.29, 0.717) is 6.07 Å². The fourth-order valence-electron chi connectivity index (χ4n) is 1.75. The lowest BCUT2D eigenvalue weighted by atomic mass is 10.1. The van der Waals surface area contributed by atoms with Crippen molar-refractivity contribution in [3.63, 3.8) is 0 Å². The highest BCUT2D eigenvalue weighted by Gasteiger charge is 2.30. The second-order valence-corrected chi connectivity index (χ2v) is 4.97. The van der Waals surface area contributed by atoms with E-state index in [9.17, 15) is 30.2 Å². The molecule has 1 unspecified atom stereocenters. The second kappa shape index (κ2) is 8.70. The molecule has 0 saturated heterocycles. The van der Waals surface area contributed by atoms with Crippen LogP contribution in [0.3, 0.4) is 0 Å². The van der Waals surface area contributed by atoms with Crippen molar-refractivity contribution >= 4 is 40.5 Å². The maximum absolute atomic E-state index is 12.2. The van der Waals surface area contributed by atoms with Crippen LogP contribution in [0.2, 0.25) is 0 Å². The Morgan fingerprint density at radius 3 is 2.13 bits per heavy atom. The molecule has 0 heterocycles. The number of hydroxylamine groups is 1. The molecular weight excluding hydrogens is 355 g/mol. The molecule has 0 aliphatic carbocycles. The standard InChI is InChI=1S/C11H12Cl2N4O6/c12-3-5-14(6-4-13)15(19)11(18)9-2-1-8(16(20)21)7-10(9)17(22)23/h1-2,7,15H,3-6H2. The number of amides is 1. The first-order valence-corrected chi connectivity index (χ1v) is 7.28. The summed E-state index contributed by atoms with van der Waals surface area (Å²) in [5.41, 5.74) is -1.90. The number of hydrogen-bond acceptors (Lipinski definition) is 7. The van der Waals surface area contributed by atoms with Gasteiger partial charge in [-0.1, -0.05) is 0 Å². The van der Waals surface area contributed by atoms with Crippen molar-refractivity contribution < 1.29 is 19.8 Å². The lowest BCUT2D eigenvalue weighted by Crippen LogP contribution is -3.16. The molecule has 1 N–H and O–H groups in total. The summed E-state index contributed by atoms with van der Waals surface area (Å²) >= 11 is 11.1. The average molecular weight is 367 g/mol. The van der Waals surface area contributed by atoms with Crippen LogP contribution in [0.25, 0.3) is 0 Å². The minimum Gasteiger partial charge on any atom is -0.605 e. The Morgan fingerprint density at radius 1 is 1.13 bits per heavy atom. The number of benzene rings is 1. The molecule has 1 rings (SSSR count). The molecule has 12 heteroatoms. The van der Waals surface area contributed by atoms with Gasteiger partial charge in [0, 0.05) is 17.8 Å². The van der Waals surface area contributed by atoms with Gasteiger partial charge in [0.2, 0.25) is 0 Å². The third-order valence-corrected chi connectivity index (χ3v) is 3.16. The van der Waals surface area contributed by atoms with Gasteiger partial charge in [-0.3, -0.25) is 20.2 Å². The molecular formula is C11H12Cl2N4O6. The van der Waals surface area contributed by atoms with Gasteiger partial charge in [0.05, 0.1) is 29.0 Å². The monoisotopic (exact) mass is 366 g/mol. The molecule has 0 radical (unpaired) electrons. The normalized spacial score (nSPS) is 12.2. The van der Waals surface area contributed by atoms with Gasteiger partial charge >= 0.3 is 5.91 Å². The van der Waals surface area contributed by atoms with Crippen molar-refractivity contribution in [3.05, 3.63) is 49.2 Å². The first-order chi connectivity index (χ1) is 10.8. The molecule has 10 nitrogen and oxygen atoms in total. The second-order valence-electron chi connectivity index (χ2n) is 4.21. The Morgan fingerprint density at radius 2 is 1.70 bits per heavy atom. The van der Waals surface area contributed by atoms with Crippen molar-refractivity contribution in [3.8, 4) is 0 Å². The van der Waals surface area contributed by atoms with Crippen molar-refractivity contribution in [2.75, 3.05) is 24.8 Å². The molecule has 0 bridgehead atoms. The number of halogens is 2. The maximum Gasteiger partial charge on any atom is 0.370 e. The number of alkyl halides is 2. The average Bonchev–Trinajstić information content (AvgIpc) is 2.52. The van der Waals surface area contributed by atoms with E-state index in [-0.39, 0.29) is 24.8 Å². The van der Waals surface area contributed by atoms with Gasteiger partial charge in [0.15, 0.2) is 5.56 Å². The van der Waals surface area contributed by atoms with Gasteiger partial charge in [-0.2, -0.15) is 0 Å². The van der Waals surface area contributed by atoms with E-state index in [1.54, 1.807) is 0 Å². The summed E-state index contributed by atoms with van der Waals surface area (Å²) < 4.78 is 0. The minimum atomic E-state index is -1.15. The minimum absolute atomic E-state index is 0.0413. The van der Waals surface area contributed by atoms with E-state index in [1.807, 2.05) is 0 Å². The molecule has 1 aromatic carbocycles. The Labute approximate surface area is 140 Å². The highest BCUT2D eigenvalue weighted by Crippen LogP contribution is 2.24. The molecule has 0 fully saturated rings. The topological polar surface area (TPSA) is 134 Å². The third kappa shape index (κ3) is 4.81. The van der Waals surface area contributed by atoms with Gasteiger partial charge in [0.25, 0.3) is 11.4 Å². The molecule has 0 aliphatic rings. The van der Waals surface area contributed by atoms with E-state index in [0.717, 1.165) is 17.1 Å². The summed E-state index contributed by atoms with van der Waals surface area (Å²) in [5, 5.41) is 33.8. The Hall–Kier alpha value is -1.85. The van der Waals surface area contributed by atoms with Crippen LogP contribution in [0.5, 0.6) is 0 Å². The molecule has 23 heavy (non-hydrogen) atoms. The number of carbonyl (C=O) groups excluding carboxylic acids is 1. The molecule has 0 spiro atoms. The molecule has 0 aliphatic heterocycles. The lowest BCUT2D eigenvalue weighted by Gasteiger charge is -2.30. The fraction of sp³-hybridized carbons (Fsp3) is 0.364. The summed E-state index contributed by atoms with van der Waals surface area (Å²) in [6.45, 7) is 0.0826. The van der Waals surface area contributed by atoms with E-state index in [4.69, 9.17) is 23.2 Å². The van der Waals surface area contributed by atoms with Crippen molar-refractivity contribution in [2.45, 2.75) is 0 Å². The molecule has 1 atom stereocenters. The number of non-ortho nitro benzene ring substituents is 1. The fourth-order valence-corrected chi connectivity index (χ4v) is 2.16. The maximum atomic E-state index is 12.2. The van der Waals surface area contributed by atoms with E-state index in [1.165, 1.54) is 0 Å². The number of nitro groups is 2. The van der Waals surface area contributed by atoms with Crippen LogP contribution in [0, 0.1) is 25.4 Å². The summed E-state index contributed by atoms with van der Waals surface area (Å²) in [6.07, 6.45) is 0. The Bertz CT molecular complexity index is 608. The third-order valence-electron chi connectivity index (χ3n) is 2.82. The van der Waals surface area contributed by atoms with Crippen LogP contribution >= 0.6 is 23.2 Å².